The van der Waals surface area contributed by atoms with Gasteiger partial charge >= 0.3 is 0 Å². The van der Waals surface area contributed by atoms with Crippen LogP contribution in [0, 0.1) is 0 Å². The minimum Gasteiger partial charge on any atom is -0.386 e. The molecule has 1 N–H and O–H groups in total. The van der Waals surface area contributed by atoms with E-state index >= 15 is 0 Å². The first-order valence-electron chi connectivity index (χ1n) is 6.14. The van der Waals surface area contributed by atoms with Gasteiger partial charge in [-0.3, -0.25) is 0 Å². The van der Waals surface area contributed by atoms with Crippen molar-refractivity contribution in [3.8, 4) is 0 Å². The van der Waals surface area contributed by atoms with Gasteiger partial charge < -0.3 is 5.11 Å². The quantitative estimate of drug-likeness (QED) is 0.500. The number of allylic oxidation sites excluding steroid dienone is 5. The van der Waals surface area contributed by atoms with E-state index in [0.29, 0.717) is 0 Å². The Labute approximate surface area is 101 Å². The maximum absolute atomic E-state index is 9.69. The molecule has 1 nitrogen and oxygen atoms in total. The van der Waals surface area contributed by atoms with Crippen molar-refractivity contribution in [2.45, 2.75) is 59.0 Å². The third-order valence-electron chi connectivity index (χ3n) is 2.67. The molecule has 0 heterocycles. The second-order valence-electron chi connectivity index (χ2n) is 4.65. The zero-order valence-corrected chi connectivity index (χ0v) is 11.2. The summed E-state index contributed by atoms with van der Waals surface area (Å²) in [6, 6.07) is 0. The molecular weight excluding hydrogens is 196 g/mol. The third-order valence-corrected chi connectivity index (χ3v) is 2.67. The van der Waals surface area contributed by atoms with Crippen LogP contribution in [-0.2, 0) is 0 Å². The molecule has 1 heteroatoms. The van der Waals surface area contributed by atoms with Gasteiger partial charge in [0.1, 0.15) is 0 Å². The number of hydrogen-bond donors (Lipinski definition) is 1. The molecular formula is C15H26O. The van der Waals surface area contributed by atoms with Gasteiger partial charge in [0.25, 0.3) is 0 Å². The Balaban J connectivity index is 3.69. The molecule has 0 unspecified atom stereocenters. The predicted molar refractivity (Wildman–Crippen MR) is 72.5 cm³/mol. The Morgan fingerprint density at radius 2 is 1.75 bits per heavy atom. The average Bonchev–Trinajstić information content (AvgIpc) is 2.20. The fourth-order valence-corrected chi connectivity index (χ4v) is 1.23. The van der Waals surface area contributed by atoms with Gasteiger partial charge in [-0.15, -0.1) is 0 Å². The lowest BCUT2D eigenvalue weighted by atomic mass is 9.99. The highest BCUT2D eigenvalue weighted by atomic mass is 16.3. The van der Waals surface area contributed by atoms with Gasteiger partial charge in [-0.1, -0.05) is 30.4 Å². The van der Waals surface area contributed by atoms with Crippen LogP contribution in [0.3, 0.4) is 0 Å². The molecule has 0 spiro atoms. The first kappa shape index (κ1) is 15.2. The third kappa shape index (κ3) is 8.49. The SMILES string of the molecule is C/C=C/CCC/C=C/C/C=C(\C)C(C)(C)O. The Bertz CT molecular complexity index is 251. The summed E-state index contributed by atoms with van der Waals surface area (Å²) in [5.41, 5.74) is 0.353. The second kappa shape index (κ2) is 8.35. The Kier molecular flexibility index (Phi) is 7.92. The van der Waals surface area contributed by atoms with Crippen LogP contribution in [0.2, 0.25) is 0 Å². The van der Waals surface area contributed by atoms with E-state index in [2.05, 4.69) is 37.3 Å². The highest BCUT2D eigenvalue weighted by Crippen LogP contribution is 2.14. The molecule has 92 valence electrons. The van der Waals surface area contributed by atoms with Gasteiger partial charge in [0, 0.05) is 0 Å². The fourth-order valence-electron chi connectivity index (χ4n) is 1.23. The van der Waals surface area contributed by atoms with Crippen molar-refractivity contribution >= 4 is 0 Å². The van der Waals surface area contributed by atoms with Crippen molar-refractivity contribution in [1.29, 1.82) is 0 Å². The first-order chi connectivity index (χ1) is 7.48. The normalized spacial score (nSPS) is 14.2. The van der Waals surface area contributed by atoms with Crippen molar-refractivity contribution in [3.63, 3.8) is 0 Å². The van der Waals surface area contributed by atoms with E-state index in [1.165, 1.54) is 12.8 Å². The van der Waals surface area contributed by atoms with E-state index in [4.69, 9.17) is 0 Å². The topological polar surface area (TPSA) is 20.2 Å². The number of unbranched alkanes of at least 4 members (excludes halogenated alkanes) is 2. The monoisotopic (exact) mass is 222 g/mol. The minimum absolute atomic E-state index is 0.681. The molecule has 0 fully saturated rings. The van der Waals surface area contributed by atoms with E-state index in [1.807, 2.05) is 20.8 Å². The number of aliphatic hydroxyl groups is 1. The van der Waals surface area contributed by atoms with Crippen LogP contribution >= 0.6 is 0 Å². The maximum atomic E-state index is 9.69. The summed E-state index contributed by atoms with van der Waals surface area (Å²) in [6.07, 6.45) is 15.2. The van der Waals surface area contributed by atoms with Gasteiger partial charge in [-0.25, -0.2) is 0 Å². The number of hydrogen-bond acceptors (Lipinski definition) is 1. The molecule has 0 saturated carbocycles. The molecule has 0 rings (SSSR count). The lowest BCUT2D eigenvalue weighted by molar-refractivity contribution is 0.119. The van der Waals surface area contributed by atoms with Gasteiger partial charge in [0.2, 0.25) is 0 Å². The van der Waals surface area contributed by atoms with Crippen LogP contribution in [-0.4, -0.2) is 10.7 Å². The molecule has 0 aliphatic carbocycles. The van der Waals surface area contributed by atoms with E-state index in [-0.39, 0.29) is 0 Å². The second-order valence-corrected chi connectivity index (χ2v) is 4.65. The maximum Gasteiger partial charge on any atom is 0.0798 e. The average molecular weight is 222 g/mol. The highest BCUT2D eigenvalue weighted by molar-refractivity contribution is 5.12. The van der Waals surface area contributed by atoms with Crippen molar-refractivity contribution in [3.05, 3.63) is 36.0 Å². The van der Waals surface area contributed by atoms with Gasteiger partial charge in [-0.05, 0) is 59.0 Å². The largest absolute Gasteiger partial charge is 0.386 e. The van der Waals surface area contributed by atoms with Crippen LogP contribution in [0.1, 0.15) is 53.4 Å². The summed E-state index contributed by atoms with van der Waals surface area (Å²) in [5.74, 6) is 0. The Morgan fingerprint density at radius 3 is 2.31 bits per heavy atom. The highest BCUT2D eigenvalue weighted by Gasteiger charge is 2.13. The zero-order chi connectivity index (χ0) is 12.4. The molecule has 0 aliphatic heterocycles. The van der Waals surface area contributed by atoms with E-state index in [1.54, 1.807) is 0 Å². The summed E-state index contributed by atoms with van der Waals surface area (Å²) < 4.78 is 0. The van der Waals surface area contributed by atoms with Crippen LogP contribution in [0.25, 0.3) is 0 Å². The molecule has 0 saturated heterocycles. The zero-order valence-electron chi connectivity index (χ0n) is 11.2. The van der Waals surface area contributed by atoms with Crippen molar-refractivity contribution in [1.82, 2.24) is 0 Å². The fraction of sp³-hybridized carbons (Fsp3) is 0.600. The van der Waals surface area contributed by atoms with Gasteiger partial charge in [0.05, 0.1) is 5.60 Å². The van der Waals surface area contributed by atoms with Crippen LogP contribution in [0.5, 0.6) is 0 Å². The standard InChI is InChI=1S/C15H26O/c1-5-6-7-8-9-10-11-12-13-14(2)15(3,4)16/h5-6,10-11,13,16H,7-9,12H2,1-4H3/b6-5+,11-10+,14-13+. The van der Waals surface area contributed by atoms with Gasteiger partial charge in [0.15, 0.2) is 0 Å². The molecule has 0 atom stereocenters. The van der Waals surface area contributed by atoms with Crippen LogP contribution in [0.15, 0.2) is 36.0 Å². The predicted octanol–water partition coefficient (Wildman–Crippen LogP) is 4.40. The first-order valence-corrected chi connectivity index (χ1v) is 6.14. The minimum atomic E-state index is -0.681. The van der Waals surface area contributed by atoms with E-state index in [0.717, 1.165) is 18.4 Å². The molecule has 0 aromatic carbocycles. The molecule has 0 amide bonds. The van der Waals surface area contributed by atoms with Crippen molar-refractivity contribution in [2.24, 2.45) is 0 Å². The van der Waals surface area contributed by atoms with Gasteiger partial charge in [-0.2, -0.15) is 0 Å². The van der Waals surface area contributed by atoms with Crippen LogP contribution in [0.4, 0.5) is 0 Å². The lowest BCUT2D eigenvalue weighted by Crippen LogP contribution is -2.19. The Morgan fingerprint density at radius 1 is 1.12 bits per heavy atom. The summed E-state index contributed by atoms with van der Waals surface area (Å²) in [5, 5.41) is 9.69. The van der Waals surface area contributed by atoms with Crippen molar-refractivity contribution < 1.29 is 5.11 Å². The van der Waals surface area contributed by atoms with Crippen LogP contribution < -0.4 is 0 Å². The summed E-state index contributed by atoms with van der Waals surface area (Å²) >= 11 is 0. The van der Waals surface area contributed by atoms with E-state index < -0.39 is 5.60 Å². The molecule has 0 radical (unpaired) electrons. The summed E-state index contributed by atoms with van der Waals surface area (Å²) in [4.78, 5) is 0. The van der Waals surface area contributed by atoms with Crippen molar-refractivity contribution in [2.75, 3.05) is 0 Å². The summed E-state index contributed by atoms with van der Waals surface area (Å²) in [7, 11) is 0. The Hall–Kier alpha value is -0.820. The molecule has 0 aromatic rings. The lowest BCUT2D eigenvalue weighted by Gasteiger charge is -2.17. The number of rotatable bonds is 7. The molecule has 0 aliphatic rings. The summed E-state index contributed by atoms with van der Waals surface area (Å²) in [6.45, 7) is 7.67. The molecule has 16 heavy (non-hydrogen) atoms. The smallest absolute Gasteiger partial charge is 0.0798 e. The van der Waals surface area contributed by atoms with E-state index in [9.17, 15) is 5.11 Å². The molecule has 0 aromatic heterocycles. The molecule has 0 bridgehead atoms.